The molecule has 3 heterocycles. The van der Waals surface area contributed by atoms with E-state index in [-0.39, 0.29) is 5.91 Å². The zero-order valence-electron chi connectivity index (χ0n) is 14.9. The van der Waals surface area contributed by atoms with Crippen molar-refractivity contribution in [2.45, 2.75) is 45.4 Å². The van der Waals surface area contributed by atoms with E-state index in [2.05, 4.69) is 15.3 Å². The van der Waals surface area contributed by atoms with E-state index in [0.29, 0.717) is 23.7 Å². The molecule has 0 saturated carbocycles. The molecule has 2 aromatic rings. The minimum absolute atomic E-state index is 0.0754. The van der Waals surface area contributed by atoms with Crippen molar-refractivity contribution in [2.75, 3.05) is 20.2 Å². The van der Waals surface area contributed by atoms with E-state index in [1.54, 1.807) is 30.1 Å². The van der Waals surface area contributed by atoms with Crippen molar-refractivity contribution in [2.24, 2.45) is 0 Å². The van der Waals surface area contributed by atoms with Gasteiger partial charge in [0.05, 0.1) is 24.6 Å². The Morgan fingerprint density at radius 2 is 1.84 bits per heavy atom. The van der Waals surface area contributed by atoms with Crippen LogP contribution in [0.5, 0.6) is 5.88 Å². The second-order valence-corrected chi connectivity index (χ2v) is 6.26. The maximum atomic E-state index is 13.0. The summed E-state index contributed by atoms with van der Waals surface area (Å²) in [6, 6.07) is 3.53. The lowest BCUT2D eigenvalue weighted by molar-refractivity contribution is 0.0741. The van der Waals surface area contributed by atoms with Crippen molar-refractivity contribution in [3.8, 4) is 11.7 Å². The number of ether oxygens (including phenoxy) is 1. The number of carbonyl (C=O) groups excluding carboxylic acids is 1. The Bertz CT molecular complexity index is 703. The van der Waals surface area contributed by atoms with Crippen LogP contribution in [0.2, 0.25) is 0 Å². The molecule has 1 saturated heterocycles. The first-order valence-corrected chi connectivity index (χ1v) is 8.99. The van der Waals surface area contributed by atoms with Gasteiger partial charge in [-0.3, -0.25) is 4.79 Å². The summed E-state index contributed by atoms with van der Waals surface area (Å²) in [5, 5.41) is 12.5. The minimum Gasteiger partial charge on any atom is -0.480 e. The Labute approximate surface area is 148 Å². The van der Waals surface area contributed by atoms with Crippen molar-refractivity contribution in [1.29, 1.82) is 0 Å². The van der Waals surface area contributed by atoms with Crippen molar-refractivity contribution in [3.05, 3.63) is 29.6 Å². The van der Waals surface area contributed by atoms with Gasteiger partial charge in [-0.2, -0.15) is 5.10 Å². The molecule has 1 aliphatic rings. The molecule has 0 N–H and O–H groups in total. The summed E-state index contributed by atoms with van der Waals surface area (Å²) in [4.78, 5) is 15.0. The third kappa shape index (κ3) is 3.81. The number of rotatable bonds is 4. The molecule has 1 aliphatic heterocycles. The van der Waals surface area contributed by atoms with Gasteiger partial charge in [0.15, 0.2) is 5.82 Å². The average molecular weight is 343 g/mol. The molecule has 2 aromatic heterocycles. The van der Waals surface area contributed by atoms with Crippen LogP contribution >= 0.6 is 0 Å². The molecule has 0 atom stereocenters. The standard InChI is InChI=1S/C18H25N5O2/c1-3-15-14(18(24)22-11-7-5-4-6-8-12-22)13-19-23(15)16-9-10-17(25-2)21-20-16/h9-10,13H,3-8,11-12H2,1-2H3. The smallest absolute Gasteiger partial charge is 0.257 e. The van der Waals surface area contributed by atoms with Crippen molar-refractivity contribution >= 4 is 5.91 Å². The highest BCUT2D eigenvalue weighted by atomic mass is 16.5. The Hall–Kier alpha value is -2.44. The van der Waals surface area contributed by atoms with Crippen molar-refractivity contribution in [1.82, 2.24) is 24.9 Å². The summed E-state index contributed by atoms with van der Waals surface area (Å²) in [5.74, 6) is 1.11. The molecule has 7 nitrogen and oxygen atoms in total. The second-order valence-electron chi connectivity index (χ2n) is 6.26. The molecule has 0 aliphatic carbocycles. The fraction of sp³-hybridized carbons (Fsp3) is 0.556. The molecule has 25 heavy (non-hydrogen) atoms. The van der Waals surface area contributed by atoms with Crippen LogP contribution in [-0.4, -0.2) is 51.0 Å². The topological polar surface area (TPSA) is 73.1 Å². The number of nitrogens with zero attached hydrogens (tertiary/aromatic N) is 5. The van der Waals surface area contributed by atoms with Gasteiger partial charge in [-0.25, -0.2) is 4.68 Å². The van der Waals surface area contributed by atoms with Gasteiger partial charge in [0.1, 0.15) is 0 Å². The lowest BCUT2D eigenvalue weighted by atomic mass is 10.1. The fourth-order valence-corrected chi connectivity index (χ4v) is 3.25. The minimum atomic E-state index is 0.0754. The van der Waals surface area contributed by atoms with E-state index in [1.807, 2.05) is 11.8 Å². The SMILES string of the molecule is CCc1c(C(=O)N2CCCCCCC2)cnn1-c1ccc(OC)nn1. The molecule has 0 radical (unpaired) electrons. The molecule has 0 spiro atoms. The van der Waals surface area contributed by atoms with Crippen LogP contribution in [-0.2, 0) is 6.42 Å². The van der Waals surface area contributed by atoms with Gasteiger partial charge in [0.2, 0.25) is 5.88 Å². The number of likely N-dealkylation sites (tertiary alicyclic amines) is 1. The van der Waals surface area contributed by atoms with Crippen LogP contribution in [0.15, 0.2) is 18.3 Å². The van der Waals surface area contributed by atoms with E-state index in [4.69, 9.17) is 4.74 Å². The summed E-state index contributed by atoms with van der Waals surface area (Å²) < 4.78 is 6.74. The lowest BCUT2D eigenvalue weighted by Gasteiger charge is -2.24. The highest BCUT2D eigenvalue weighted by molar-refractivity contribution is 5.95. The monoisotopic (exact) mass is 343 g/mol. The number of amides is 1. The van der Waals surface area contributed by atoms with Crippen LogP contribution in [0.4, 0.5) is 0 Å². The number of aromatic nitrogens is 4. The van der Waals surface area contributed by atoms with Gasteiger partial charge in [0.25, 0.3) is 5.91 Å². The van der Waals surface area contributed by atoms with Gasteiger partial charge in [0, 0.05) is 19.2 Å². The van der Waals surface area contributed by atoms with Gasteiger partial charge in [-0.05, 0) is 25.3 Å². The summed E-state index contributed by atoms with van der Waals surface area (Å²) in [6.45, 7) is 3.68. The van der Waals surface area contributed by atoms with Gasteiger partial charge in [-0.15, -0.1) is 10.2 Å². The first-order valence-electron chi connectivity index (χ1n) is 8.99. The Kier molecular flexibility index (Phi) is 5.63. The Morgan fingerprint density at radius 1 is 1.12 bits per heavy atom. The molecule has 0 bridgehead atoms. The number of hydrogen-bond donors (Lipinski definition) is 0. The third-order valence-corrected chi connectivity index (χ3v) is 4.63. The predicted molar refractivity (Wildman–Crippen MR) is 94.1 cm³/mol. The number of methoxy groups -OCH3 is 1. The van der Waals surface area contributed by atoms with Gasteiger partial charge < -0.3 is 9.64 Å². The largest absolute Gasteiger partial charge is 0.480 e. The summed E-state index contributed by atoms with van der Waals surface area (Å²) in [6.07, 6.45) is 8.18. The quantitative estimate of drug-likeness (QED) is 0.853. The summed E-state index contributed by atoms with van der Waals surface area (Å²) in [7, 11) is 1.55. The first-order chi connectivity index (χ1) is 12.2. The maximum Gasteiger partial charge on any atom is 0.257 e. The molecule has 0 unspecified atom stereocenters. The van der Waals surface area contributed by atoms with Crippen LogP contribution in [0.3, 0.4) is 0 Å². The molecule has 7 heteroatoms. The van der Waals surface area contributed by atoms with E-state index >= 15 is 0 Å². The maximum absolute atomic E-state index is 13.0. The number of carbonyl (C=O) groups is 1. The van der Waals surface area contributed by atoms with E-state index in [0.717, 1.165) is 31.6 Å². The third-order valence-electron chi connectivity index (χ3n) is 4.63. The summed E-state index contributed by atoms with van der Waals surface area (Å²) in [5.41, 5.74) is 1.53. The van der Waals surface area contributed by atoms with Gasteiger partial charge in [-0.1, -0.05) is 26.2 Å². The zero-order chi connectivity index (χ0) is 17.6. The zero-order valence-corrected chi connectivity index (χ0v) is 14.9. The first kappa shape index (κ1) is 17.4. The second kappa shape index (κ2) is 8.09. The molecule has 1 amide bonds. The van der Waals surface area contributed by atoms with Crippen molar-refractivity contribution < 1.29 is 9.53 Å². The van der Waals surface area contributed by atoms with E-state index in [9.17, 15) is 4.79 Å². The Balaban J connectivity index is 1.86. The highest BCUT2D eigenvalue weighted by Crippen LogP contribution is 2.19. The van der Waals surface area contributed by atoms with Crippen LogP contribution in [0.25, 0.3) is 5.82 Å². The van der Waals surface area contributed by atoms with Crippen LogP contribution in [0.1, 0.15) is 55.1 Å². The van der Waals surface area contributed by atoms with Gasteiger partial charge >= 0.3 is 0 Å². The normalized spacial score (nSPS) is 15.5. The summed E-state index contributed by atoms with van der Waals surface area (Å²) >= 11 is 0. The van der Waals surface area contributed by atoms with Crippen LogP contribution in [0, 0.1) is 0 Å². The molecular formula is C18H25N5O2. The predicted octanol–water partition coefficient (Wildman–Crippen LogP) is 2.64. The van der Waals surface area contributed by atoms with E-state index < -0.39 is 0 Å². The van der Waals surface area contributed by atoms with E-state index in [1.165, 1.54) is 19.3 Å². The molecule has 3 rings (SSSR count). The molecule has 1 fully saturated rings. The lowest BCUT2D eigenvalue weighted by Crippen LogP contribution is -2.34. The van der Waals surface area contributed by atoms with Crippen molar-refractivity contribution in [3.63, 3.8) is 0 Å². The number of hydrogen-bond acceptors (Lipinski definition) is 5. The van der Waals surface area contributed by atoms with Crippen LogP contribution < -0.4 is 4.74 Å². The highest BCUT2D eigenvalue weighted by Gasteiger charge is 2.23. The average Bonchev–Trinajstić information content (AvgIpc) is 3.05. The molecular weight excluding hydrogens is 318 g/mol. The Morgan fingerprint density at radius 3 is 2.44 bits per heavy atom. The molecule has 134 valence electrons. The molecule has 0 aromatic carbocycles. The fourth-order valence-electron chi connectivity index (χ4n) is 3.25.